The predicted octanol–water partition coefficient (Wildman–Crippen LogP) is 4.09. The fourth-order valence-electron chi connectivity index (χ4n) is 4.67. The van der Waals surface area contributed by atoms with E-state index < -0.39 is 11.7 Å². The lowest BCUT2D eigenvalue weighted by Crippen LogP contribution is -2.22. The van der Waals surface area contributed by atoms with Crippen LogP contribution in [0.1, 0.15) is 6.42 Å². The van der Waals surface area contributed by atoms with Crippen LogP contribution in [0.5, 0.6) is 11.5 Å². The van der Waals surface area contributed by atoms with Gasteiger partial charge in [0.15, 0.2) is 0 Å². The number of hydrogen-bond donors (Lipinski definition) is 2. The summed E-state index contributed by atoms with van der Waals surface area (Å²) in [6, 6.07) is 9.43. The largest absolute Gasteiger partial charge is 0.494 e. The molecule has 2 aromatic carbocycles. The first-order valence-corrected chi connectivity index (χ1v) is 12.7. The molecule has 1 aliphatic heterocycles. The summed E-state index contributed by atoms with van der Waals surface area (Å²) in [5.74, 6) is 0.244. The molecule has 0 radical (unpaired) electrons. The molecule has 0 bridgehead atoms. The number of carbonyl (C=O) groups excluding carboxylic acids is 1. The molecule has 206 valence electrons. The number of fused-ring (bicyclic) bond motifs is 1. The van der Waals surface area contributed by atoms with E-state index in [-0.39, 0.29) is 23.0 Å². The number of nitrogens with zero attached hydrogens (tertiary/aromatic N) is 4. The Balaban J connectivity index is 1.57. The van der Waals surface area contributed by atoms with Crippen molar-refractivity contribution in [3.63, 3.8) is 0 Å². The molecule has 4 aromatic rings. The fraction of sp³-hybridized carbons (Fsp3) is 0.241. The number of anilines is 3. The molecular formula is C29H29FN6O4. The highest BCUT2D eigenvalue weighted by molar-refractivity contribution is 6.00. The Morgan fingerprint density at radius 1 is 1.20 bits per heavy atom. The number of ether oxygens (including phenoxy) is 2. The summed E-state index contributed by atoms with van der Waals surface area (Å²) in [5, 5.41) is 6.20. The first-order valence-electron chi connectivity index (χ1n) is 12.7. The third-order valence-electron chi connectivity index (χ3n) is 6.69. The van der Waals surface area contributed by atoms with Crippen molar-refractivity contribution in [1.29, 1.82) is 0 Å². The number of aromatic nitrogens is 3. The second-order valence-electron chi connectivity index (χ2n) is 9.58. The van der Waals surface area contributed by atoms with Crippen LogP contribution in [-0.4, -0.2) is 58.7 Å². The fourth-order valence-corrected chi connectivity index (χ4v) is 4.67. The highest BCUT2D eigenvalue weighted by Gasteiger charge is 2.24. The van der Waals surface area contributed by atoms with Crippen LogP contribution in [0.25, 0.3) is 22.0 Å². The van der Waals surface area contributed by atoms with Gasteiger partial charge in [-0.25, -0.2) is 14.4 Å². The summed E-state index contributed by atoms with van der Waals surface area (Å²) in [6.07, 6.45) is 5.03. The number of benzene rings is 2. The second kappa shape index (κ2) is 11.1. The summed E-state index contributed by atoms with van der Waals surface area (Å²) in [5.41, 5.74) is 2.07. The number of amides is 1. The topological polar surface area (TPSA) is 111 Å². The standard InChI is InChI=1S/C29H29FN6O4/c1-5-26(37)32-23-12-22(24(39-4)13-25(23)40-19-9-10-35(2)15-19)33-29-31-14-20-27(34-29)21(16-36(3)28(20)38)17-7-6-8-18(30)11-17/h5-8,11-14,16,19H,1,9-10,15H2,2-4H3,(H,32,37)(H,31,33,34). The van der Waals surface area contributed by atoms with Gasteiger partial charge in [-0.1, -0.05) is 18.7 Å². The van der Waals surface area contributed by atoms with Crippen LogP contribution in [0, 0.1) is 5.82 Å². The minimum atomic E-state index is -0.405. The van der Waals surface area contributed by atoms with Crippen LogP contribution in [-0.2, 0) is 11.8 Å². The van der Waals surface area contributed by atoms with Gasteiger partial charge < -0.3 is 29.6 Å². The van der Waals surface area contributed by atoms with Gasteiger partial charge in [-0.2, -0.15) is 0 Å². The molecule has 1 saturated heterocycles. The van der Waals surface area contributed by atoms with Gasteiger partial charge in [0.1, 0.15) is 23.4 Å². The number of methoxy groups -OCH3 is 1. The van der Waals surface area contributed by atoms with Crippen molar-refractivity contribution < 1.29 is 18.7 Å². The molecule has 10 nitrogen and oxygen atoms in total. The molecule has 0 spiro atoms. The first-order chi connectivity index (χ1) is 19.2. The lowest BCUT2D eigenvalue weighted by molar-refractivity contribution is -0.111. The first kappa shape index (κ1) is 26.8. The van der Waals surface area contributed by atoms with Crippen LogP contribution < -0.4 is 25.7 Å². The molecule has 1 fully saturated rings. The Morgan fingerprint density at radius 2 is 2.02 bits per heavy atom. The molecule has 1 aliphatic rings. The van der Waals surface area contributed by atoms with Crippen molar-refractivity contribution in [3.05, 3.63) is 77.6 Å². The number of pyridine rings is 1. The quantitative estimate of drug-likeness (QED) is 0.319. The number of likely N-dealkylation sites (N-methyl/N-ethyl adjacent to an activating group) is 1. The van der Waals surface area contributed by atoms with E-state index in [0.717, 1.165) is 19.5 Å². The molecule has 1 unspecified atom stereocenters. The van der Waals surface area contributed by atoms with E-state index in [9.17, 15) is 14.0 Å². The Labute approximate surface area is 230 Å². The summed E-state index contributed by atoms with van der Waals surface area (Å²) in [4.78, 5) is 36.2. The molecule has 1 atom stereocenters. The average molecular weight is 545 g/mol. The van der Waals surface area contributed by atoms with Gasteiger partial charge in [0.25, 0.3) is 5.56 Å². The molecule has 5 rings (SSSR count). The molecule has 0 saturated carbocycles. The van der Waals surface area contributed by atoms with Crippen molar-refractivity contribution in [3.8, 4) is 22.6 Å². The molecule has 2 N–H and O–H groups in total. The van der Waals surface area contributed by atoms with Crippen LogP contribution in [0.2, 0.25) is 0 Å². The lowest BCUT2D eigenvalue weighted by atomic mass is 10.1. The molecule has 11 heteroatoms. The molecular weight excluding hydrogens is 515 g/mol. The number of likely N-dealkylation sites (tertiary alicyclic amines) is 1. The van der Waals surface area contributed by atoms with Crippen LogP contribution in [0.4, 0.5) is 21.7 Å². The Morgan fingerprint density at radius 3 is 2.73 bits per heavy atom. The molecule has 0 aliphatic carbocycles. The van der Waals surface area contributed by atoms with Crippen LogP contribution >= 0.6 is 0 Å². The maximum Gasteiger partial charge on any atom is 0.261 e. The molecule has 1 amide bonds. The van der Waals surface area contributed by atoms with Gasteiger partial charge in [-0.05, 0) is 43.3 Å². The number of carbonyl (C=O) groups is 1. The third-order valence-corrected chi connectivity index (χ3v) is 6.69. The van der Waals surface area contributed by atoms with E-state index in [1.807, 2.05) is 7.05 Å². The maximum atomic E-state index is 14.0. The van der Waals surface area contributed by atoms with Crippen molar-refractivity contribution in [1.82, 2.24) is 19.4 Å². The summed E-state index contributed by atoms with van der Waals surface area (Å²) in [7, 11) is 5.16. The minimum absolute atomic E-state index is 0.0411. The summed E-state index contributed by atoms with van der Waals surface area (Å²) in [6.45, 7) is 5.21. The summed E-state index contributed by atoms with van der Waals surface area (Å²) >= 11 is 0. The second-order valence-corrected chi connectivity index (χ2v) is 9.58. The maximum absolute atomic E-state index is 14.0. The van der Waals surface area contributed by atoms with E-state index in [2.05, 4.69) is 32.1 Å². The van der Waals surface area contributed by atoms with Crippen molar-refractivity contribution >= 4 is 34.1 Å². The van der Waals surface area contributed by atoms with E-state index in [4.69, 9.17) is 9.47 Å². The van der Waals surface area contributed by atoms with Crippen LogP contribution in [0.15, 0.2) is 66.2 Å². The van der Waals surface area contributed by atoms with E-state index in [0.29, 0.717) is 39.5 Å². The zero-order valence-corrected chi connectivity index (χ0v) is 22.4. The minimum Gasteiger partial charge on any atom is -0.494 e. The van der Waals surface area contributed by atoms with Crippen molar-refractivity contribution in [2.45, 2.75) is 12.5 Å². The van der Waals surface area contributed by atoms with E-state index in [1.54, 1.807) is 37.5 Å². The van der Waals surface area contributed by atoms with Crippen molar-refractivity contribution in [2.75, 3.05) is 37.9 Å². The molecule has 40 heavy (non-hydrogen) atoms. The van der Waals surface area contributed by atoms with E-state index in [1.165, 1.54) is 36.1 Å². The van der Waals surface area contributed by atoms with Gasteiger partial charge in [0.2, 0.25) is 11.9 Å². The monoisotopic (exact) mass is 544 g/mol. The number of nitrogens with one attached hydrogen (secondary N) is 2. The molecule has 2 aromatic heterocycles. The zero-order valence-electron chi connectivity index (χ0n) is 22.4. The number of aryl methyl sites for hydroxylation is 1. The van der Waals surface area contributed by atoms with Crippen LogP contribution in [0.3, 0.4) is 0 Å². The normalized spacial score (nSPS) is 15.2. The predicted molar refractivity (Wildman–Crippen MR) is 152 cm³/mol. The van der Waals surface area contributed by atoms with Gasteiger partial charge >= 0.3 is 0 Å². The molecule has 3 heterocycles. The van der Waals surface area contributed by atoms with Gasteiger partial charge in [0.05, 0.1) is 29.4 Å². The Hall–Kier alpha value is -4.77. The van der Waals surface area contributed by atoms with Gasteiger partial charge in [-0.15, -0.1) is 0 Å². The number of rotatable bonds is 8. The Bertz CT molecular complexity index is 1670. The van der Waals surface area contributed by atoms with Gasteiger partial charge in [-0.3, -0.25) is 9.59 Å². The van der Waals surface area contributed by atoms with Gasteiger partial charge in [0, 0.05) is 44.2 Å². The average Bonchev–Trinajstić information content (AvgIpc) is 3.36. The summed E-state index contributed by atoms with van der Waals surface area (Å²) < 4.78 is 27.3. The SMILES string of the molecule is C=CC(=O)Nc1cc(Nc2ncc3c(=O)n(C)cc(-c4cccc(F)c4)c3n2)c(OC)cc1OC1CCN(C)C1. The van der Waals surface area contributed by atoms with Crippen molar-refractivity contribution in [2.24, 2.45) is 7.05 Å². The third kappa shape index (κ3) is 5.50. The number of hydrogen-bond acceptors (Lipinski definition) is 8. The van der Waals surface area contributed by atoms with E-state index >= 15 is 0 Å². The highest BCUT2D eigenvalue weighted by atomic mass is 19.1. The highest BCUT2D eigenvalue weighted by Crippen LogP contribution is 2.39. The lowest BCUT2D eigenvalue weighted by Gasteiger charge is -2.20. The zero-order chi connectivity index (χ0) is 28.4. The smallest absolute Gasteiger partial charge is 0.261 e. The Kier molecular flexibility index (Phi) is 7.47. The number of halogens is 1.